The van der Waals surface area contributed by atoms with Gasteiger partial charge in [0.05, 0.1) is 5.02 Å². The van der Waals surface area contributed by atoms with Crippen LogP contribution in [0.15, 0.2) is 54.9 Å². The highest BCUT2D eigenvalue weighted by atomic mass is 35.5. The first-order chi connectivity index (χ1) is 17.6. The van der Waals surface area contributed by atoms with Crippen molar-refractivity contribution in [3.63, 3.8) is 0 Å². The van der Waals surface area contributed by atoms with Crippen molar-refractivity contribution < 1.29 is 4.79 Å². The van der Waals surface area contributed by atoms with E-state index < -0.39 is 0 Å². The second-order valence-electron chi connectivity index (χ2n) is 9.05. The Morgan fingerprint density at radius 2 is 1.50 bits per heavy atom. The first-order valence-electron chi connectivity index (χ1n) is 12.1. The summed E-state index contributed by atoms with van der Waals surface area (Å²) in [6.45, 7) is 4.38. The van der Waals surface area contributed by atoms with Crippen molar-refractivity contribution >= 4 is 46.2 Å². The molecular formula is C26H25Cl2N7O. The normalized spacial score (nSPS) is 16.2. The number of likely N-dealkylation sites (tertiary alicyclic amines) is 1. The molecule has 4 heterocycles. The molecule has 2 aliphatic heterocycles. The third kappa shape index (κ3) is 4.14. The molecule has 2 saturated heterocycles. The van der Waals surface area contributed by atoms with E-state index in [0.29, 0.717) is 53.2 Å². The van der Waals surface area contributed by atoms with Gasteiger partial charge in [-0.15, -0.1) is 0 Å². The first kappa shape index (κ1) is 23.1. The van der Waals surface area contributed by atoms with Gasteiger partial charge in [0.15, 0.2) is 17.0 Å². The van der Waals surface area contributed by atoms with Crippen LogP contribution in [0.2, 0.25) is 10.0 Å². The summed E-state index contributed by atoms with van der Waals surface area (Å²) in [5, 5.41) is 1.26. The molecule has 0 bridgehead atoms. The van der Waals surface area contributed by atoms with Gasteiger partial charge < -0.3 is 14.7 Å². The molecule has 2 amide bonds. The second-order valence-corrected chi connectivity index (χ2v) is 9.89. The van der Waals surface area contributed by atoms with Gasteiger partial charge in [0.2, 0.25) is 0 Å². The van der Waals surface area contributed by atoms with Crippen molar-refractivity contribution in [1.82, 2.24) is 29.3 Å². The van der Waals surface area contributed by atoms with Gasteiger partial charge in [0.25, 0.3) is 0 Å². The zero-order valence-corrected chi connectivity index (χ0v) is 21.2. The van der Waals surface area contributed by atoms with E-state index in [-0.39, 0.29) is 6.03 Å². The molecule has 0 atom stereocenters. The van der Waals surface area contributed by atoms with E-state index in [1.54, 1.807) is 6.33 Å². The molecular weight excluding hydrogens is 497 g/mol. The lowest BCUT2D eigenvalue weighted by atomic mass is 10.2. The number of rotatable bonds is 3. The number of amides is 2. The van der Waals surface area contributed by atoms with Crippen LogP contribution >= 0.6 is 23.2 Å². The number of benzene rings is 2. The number of carbonyl (C=O) groups is 1. The van der Waals surface area contributed by atoms with Gasteiger partial charge >= 0.3 is 6.03 Å². The van der Waals surface area contributed by atoms with Gasteiger partial charge in [-0.25, -0.2) is 19.7 Å². The maximum absolute atomic E-state index is 12.8. The molecule has 6 rings (SSSR count). The molecule has 0 radical (unpaired) electrons. The van der Waals surface area contributed by atoms with Crippen molar-refractivity contribution in [3.8, 4) is 17.1 Å². The highest BCUT2D eigenvalue weighted by Gasteiger charge is 2.29. The molecule has 0 unspecified atom stereocenters. The summed E-state index contributed by atoms with van der Waals surface area (Å²) in [5.74, 6) is 1.44. The predicted octanol–water partition coefficient (Wildman–Crippen LogP) is 5.13. The molecule has 0 spiro atoms. The summed E-state index contributed by atoms with van der Waals surface area (Å²) in [4.78, 5) is 33.2. The number of hydrogen-bond donors (Lipinski definition) is 0. The van der Waals surface area contributed by atoms with Crippen LogP contribution in [0.5, 0.6) is 0 Å². The lowest BCUT2D eigenvalue weighted by molar-refractivity contribution is 0.159. The zero-order chi connectivity index (χ0) is 24.6. The summed E-state index contributed by atoms with van der Waals surface area (Å²) in [7, 11) is 0. The zero-order valence-electron chi connectivity index (χ0n) is 19.6. The molecule has 36 heavy (non-hydrogen) atoms. The van der Waals surface area contributed by atoms with Crippen molar-refractivity contribution in [2.45, 2.75) is 12.8 Å². The molecule has 2 aliphatic rings. The van der Waals surface area contributed by atoms with Crippen LogP contribution in [0, 0.1) is 0 Å². The van der Waals surface area contributed by atoms with E-state index in [1.165, 1.54) is 0 Å². The molecule has 2 fully saturated rings. The number of imidazole rings is 1. The van der Waals surface area contributed by atoms with E-state index in [2.05, 4.69) is 14.9 Å². The third-order valence-corrected chi connectivity index (χ3v) is 7.43. The topological polar surface area (TPSA) is 70.4 Å². The second kappa shape index (κ2) is 9.59. The van der Waals surface area contributed by atoms with Gasteiger partial charge in [-0.1, -0.05) is 35.3 Å². The molecule has 4 aromatic rings. The highest BCUT2D eigenvalue weighted by Crippen LogP contribution is 2.35. The molecule has 8 nitrogen and oxygen atoms in total. The molecule has 2 aromatic heterocycles. The van der Waals surface area contributed by atoms with Gasteiger partial charge in [-0.3, -0.25) is 4.57 Å². The smallest absolute Gasteiger partial charge is 0.320 e. The number of nitrogens with zero attached hydrogens (tertiary/aromatic N) is 7. The fourth-order valence-electron chi connectivity index (χ4n) is 4.99. The largest absolute Gasteiger partial charge is 0.351 e. The minimum absolute atomic E-state index is 0.146. The SMILES string of the molecule is O=C(N1CCCC1)N1CCN(c2ncnc3c2nc(-c2ccccc2Cl)n3-c2ccc(Cl)cc2)CC1. The van der Waals surface area contributed by atoms with Crippen molar-refractivity contribution in [3.05, 3.63) is 64.9 Å². The van der Waals surface area contributed by atoms with Crippen LogP contribution in [0.1, 0.15) is 12.8 Å². The number of fused-ring (bicyclic) bond motifs is 1. The van der Waals surface area contributed by atoms with Crippen LogP contribution in [0.3, 0.4) is 0 Å². The quantitative estimate of drug-likeness (QED) is 0.373. The van der Waals surface area contributed by atoms with E-state index in [9.17, 15) is 4.79 Å². The lowest BCUT2D eigenvalue weighted by Gasteiger charge is -2.37. The van der Waals surface area contributed by atoms with Crippen molar-refractivity contribution in [2.24, 2.45) is 0 Å². The Kier molecular flexibility index (Phi) is 6.15. The number of urea groups is 1. The van der Waals surface area contributed by atoms with Gasteiger partial charge in [-0.05, 0) is 49.2 Å². The summed E-state index contributed by atoms with van der Waals surface area (Å²) < 4.78 is 1.99. The Bertz CT molecular complexity index is 1410. The van der Waals surface area contributed by atoms with Crippen molar-refractivity contribution in [1.29, 1.82) is 0 Å². The maximum atomic E-state index is 12.8. The Balaban J connectivity index is 1.39. The third-order valence-electron chi connectivity index (χ3n) is 6.85. The van der Waals surface area contributed by atoms with Gasteiger partial charge in [-0.2, -0.15) is 0 Å². The number of aromatic nitrogens is 4. The Morgan fingerprint density at radius 3 is 2.22 bits per heavy atom. The van der Waals surface area contributed by atoms with Crippen molar-refractivity contribution in [2.75, 3.05) is 44.2 Å². The molecule has 0 aliphatic carbocycles. The van der Waals surface area contributed by atoms with E-state index in [1.807, 2.05) is 62.9 Å². The van der Waals surface area contributed by atoms with Crippen LogP contribution in [0.25, 0.3) is 28.2 Å². The summed E-state index contributed by atoms with van der Waals surface area (Å²) in [6.07, 6.45) is 3.76. The molecule has 2 aromatic carbocycles. The van der Waals surface area contributed by atoms with Crippen LogP contribution < -0.4 is 4.90 Å². The number of hydrogen-bond acceptors (Lipinski definition) is 5. The summed E-state index contributed by atoms with van der Waals surface area (Å²) >= 11 is 12.8. The monoisotopic (exact) mass is 521 g/mol. The Labute approximate surface area is 219 Å². The van der Waals surface area contributed by atoms with E-state index >= 15 is 0 Å². The molecule has 0 N–H and O–H groups in total. The van der Waals surface area contributed by atoms with Gasteiger partial charge in [0.1, 0.15) is 12.2 Å². The molecule has 0 saturated carbocycles. The minimum atomic E-state index is 0.146. The predicted molar refractivity (Wildman–Crippen MR) is 142 cm³/mol. The van der Waals surface area contributed by atoms with Crippen LogP contribution in [0.4, 0.5) is 10.6 Å². The maximum Gasteiger partial charge on any atom is 0.320 e. The van der Waals surface area contributed by atoms with E-state index in [0.717, 1.165) is 43.0 Å². The molecule has 184 valence electrons. The van der Waals surface area contributed by atoms with Gasteiger partial charge in [0, 0.05) is 55.5 Å². The number of anilines is 1. The molecule has 10 heteroatoms. The lowest BCUT2D eigenvalue weighted by Crippen LogP contribution is -2.52. The summed E-state index contributed by atoms with van der Waals surface area (Å²) in [6, 6.07) is 15.4. The minimum Gasteiger partial charge on any atom is -0.351 e. The van der Waals surface area contributed by atoms with Crippen LogP contribution in [-0.2, 0) is 0 Å². The number of piperazine rings is 1. The summed E-state index contributed by atoms with van der Waals surface area (Å²) in [5.41, 5.74) is 3.07. The number of halogens is 2. The standard InChI is InChI=1S/C26H25Cl2N7O/c27-18-7-9-19(10-8-18)35-23(20-5-1-2-6-21(20)28)31-22-24(29-17-30-25(22)35)32-13-15-34(16-14-32)26(36)33-11-3-4-12-33/h1-2,5-10,17H,3-4,11-16H2. The fraction of sp³-hybridized carbons (Fsp3) is 0.308. The van der Waals surface area contributed by atoms with Crippen LogP contribution in [-0.4, -0.2) is 74.6 Å². The first-order valence-corrected chi connectivity index (χ1v) is 12.9. The Morgan fingerprint density at radius 1 is 0.806 bits per heavy atom. The van der Waals surface area contributed by atoms with E-state index in [4.69, 9.17) is 28.2 Å². The number of carbonyl (C=O) groups excluding carboxylic acids is 1. The highest BCUT2D eigenvalue weighted by molar-refractivity contribution is 6.33. The average Bonchev–Trinajstić information content (AvgIpc) is 3.58. The Hall–Kier alpha value is -3.36. The fourth-order valence-corrected chi connectivity index (χ4v) is 5.33. The average molecular weight is 522 g/mol.